The average molecular weight is 276 g/mol. The van der Waals surface area contributed by atoms with Crippen LogP contribution in [-0.2, 0) is 4.74 Å². The molecule has 1 fully saturated rings. The van der Waals surface area contributed by atoms with Gasteiger partial charge in [-0.25, -0.2) is 0 Å². The van der Waals surface area contributed by atoms with Crippen molar-refractivity contribution in [3.63, 3.8) is 0 Å². The fourth-order valence-electron chi connectivity index (χ4n) is 3.02. The van der Waals surface area contributed by atoms with E-state index in [2.05, 4.69) is 47.5 Å². The highest BCUT2D eigenvalue weighted by molar-refractivity contribution is 5.19. The second kappa shape index (κ2) is 8.40. The number of nitrogens with zero attached hydrogens (tertiary/aromatic N) is 1. The Morgan fingerprint density at radius 2 is 1.95 bits per heavy atom. The van der Waals surface area contributed by atoms with Gasteiger partial charge >= 0.3 is 0 Å². The number of hydrogen-bond acceptors (Lipinski definition) is 3. The molecule has 20 heavy (non-hydrogen) atoms. The number of benzene rings is 1. The molecule has 3 heteroatoms. The van der Waals surface area contributed by atoms with Crippen molar-refractivity contribution in [1.29, 1.82) is 0 Å². The largest absolute Gasteiger partial charge is 0.383 e. The van der Waals surface area contributed by atoms with Crippen molar-refractivity contribution >= 4 is 0 Å². The normalized spacial score (nSPS) is 19.1. The van der Waals surface area contributed by atoms with Crippen LogP contribution in [0.15, 0.2) is 30.3 Å². The molecule has 0 bridgehead atoms. The van der Waals surface area contributed by atoms with Gasteiger partial charge in [0.2, 0.25) is 0 Å². The summed E-state index contributed by atoms with van der Waals surface area (Å²) < 4.78 is 5.39. The predicted octanol–water partition coefficient (Wildman–Crippen LogP) is 2.84. The van der Waals surface area contributed by atoms with E-state index < -0.39 is 0 Å². The van der Waals surface area contributed by atoms with Gasteiger partial charge in [0.05, 0.1) is 12.6 Å². The van der Waals surface area contributed by atoms with Crippen molar-refractivity contribution < 1.29 is 4.74 Å². The third-order valence-corrected chi connectivity index (χ3v) is 4.10. The van der Waals surface area contributed by atoms with Gasteiger partial charge in [-0.3, -0.25) is 0 Å². The number of rotatable bonds is 7. The summed E-state index contributed by atoms with van der Waals surface area (Å²) in [6.07, 6.45) is 3.74. The number of piperidine rings is 1. The van der Waals surface area contributed by atoms with Crippen LogP contribution in [0, 0.1) is 0 Å². The molecular formula is C17H28N2O. The lowest BCUT2D eigenvalue weighted by molar-refractivity contribution is 0.142. The van der Waals surface area contributed by atoms with Gasteiger partial charge in [-0.05, 0) is 44.5 Å². The fourth-order valence-corrected chi connectivity index (χ4v) is 3.02. The number of methoxy groups -OCH3 is 1. The molecule has 1 aliphatic rings. The van der Waals surface area contributed by atoms with Crippen LogP contribution in [0.25, 0.3) is 0 Å². The van der Waals surface area contributed by atoms with E-state index in [1.165, 1.54) is 44.5 Å². The predicted molar refractivity (Wildman–Crippen MR) is 83.9 cm³/mol. The zero-order valence-electron chi connectivity index (χ0n) is 12.8. The fraction of sp³-hybridized carbons (Fsp3) is 0.647. The second-order valence-corrected chi connectivity index (χ2v) is 5.70. The Morgan fingerprint density at radius 1 is 1.25 bits per heavy atom. The minimum absolute atomic E-state index is 0.309. The van der Waals surface area contributed by atoms with Gasteiger partial charge in [0, 0.05) is 13.2 Å². The maximum Gasteiger partial charge on any atom is 0.0657 e. The lowest BCUT2D eigenvalue weighted by Gasteiger charge is -2.34. The Labute approximate surface area is 123 Å². The van der Waals surface area contributed by atoms with Crippen LogP contribution < -0.4 is 5.32 Å². The van der Waals surface area contributed by atoms with Gasteiger partial charge in [0.1, 0.15) is 0 Å². The summed E-state index contributed by atoms with van der Waals surface area (Å²) >= 11 is 0. The molecule has 2 rings (SSSR count). The molecule has 0 spiro atoms. The third-order valence-electron chi connectivity index (χ3n) is 4.10. The van der Waals surface area contributed by atoms with E-state index in [0.29, 0.717) is 12.1 Å². The molecule has 1 N–H and O–H groups in total. The summed E-state index contributed by atoms with van der Waals surface area (Å²) in [6, 6.07) is 11.6. The minimum atomic E-state index is 0.309. The summed E-state index contributed by atoms with van der Waals surface area (Å²) in [5.41, 5.74) is 1.32. The van der Waals surface area contributed by atoms with Crippen LogP contribution in [0.3, 0.4) is 0 Å². The van der Waals surface area contributed by atoms with Gasteiger partial charge in [-0.2, -0.15) is 0 Å². The summed E-state index contributed by atoms with van der Waals surface area (Å²) in [4.78, 5) is 2.58. The third kappa shape index (κ3) is 4.58. The van der Waals surface area contributed by atoms with Crippen molar-refractivity contribution in [1.82, 2.24) is 10.2 Å². The van der Waals surface area contributed by atoms with E-state index in [4.69, 9.17) is 4.74 Å². The van der Waals surface area contributed by atoms with Gasteiger partial charge in [-0.1, -0.05) is 37.3 Å². The highest BCUT2D eigenvalue weighted by Gasteiger charge is 2.21. The first-order valence-electron chi connectivity index (χ1n) is 7.85. The molecule has 1 unspecified atom stereocenters. The molecule has 1 atom stereocenters. The molecular weight excluding hydrogens is 248 g/mol. The maximum atomic E-state index is 5.39. The van der Waals surface area contributed by atoms with Crippen LogP contribution in [0.1, 0.15) is 37.8 Å². The highest BCUT2D eigenvalue weighted by atomic mass is 16.5. The first-order valence-corrected chi connectivity index (χ1v) is 7.85. The average Bonchev–Trinajstić information content (AvgIpc) is 2.50. The summed E-state index contributed by atoms with van der Waals surface area (Å²) in [7, 11) is 1.78. The topological polar surface area (TPSA) is 24.5 Å². The summed E-state index contributed by atoms with van der Waals surface area (Å²) in [5, 5.41) is 3.78. The Kier molecular flexibility index (Phi) is 6.51. The van der Waals surface area contributed by atoms with Crippen LogP contribution >= 0.6 is 0 Å². The van der Waals surface area contributed by atoms with Crippen LogP contribution in [0.2, 0.25) is 0 Å². The highest BCUT2D eigenvalue weighted by Crippen LogP contribution is 2.18. The molecule has 0 aromatic heterocycles. The van der Waals surface area contributed by atoms with Crippen molar-refractivity contribution in [2.75, 3.05) is 33.4 Å². The smallest absolute Gasteiger partial charge is 0.0657 e. The molecule has 3 nitrogen and oxygen atoms in total. The number of hydrogen-bond donors (Lipinski definition) is 1. The number of nitrogens with one attached hydrogen (secondary N) is 1. The van der Waals surface area contributed by atoms with E-state index in [0.717, 1.165) is 6.61 Å². The number of ether oxygens (including phenoxy) is 1. The van der Waals surface area contributed by atoms with E-state index in [1.807, 2.05) is 0 Å². The molecule has 0 saturated carbocycles. The van der Waals surface area contributed by atoms with Crippen LogP contribution in [0.5, 0.6) is 0 Å². The van der Waals surface area contributed by atoms with E-state index in [-0.39, 0.29) is 0 Å². The van der Waals surface area contributed by atoms with Gasteiger partial charge < -0.3 is 15.0 Å². The first-order chi connectivity index (χ1) is 9.83. The van der Waals surface area contributed by atoms with E-state index in [9.17, 15) is 0 Å². The summed E-state index contributed by atoms with van der Waals surface area (Å²) in [6.45, 7) is 6.68. The van der Waals surface area contributed by atoms with Gasteiger partial charge in [-0.15, -0.1) is 0 Å². The molecule has 1 saturated heterocycles. The van der Waals surface area contributed by atoms with Gasteiger partial charge in [0.25, 0.3) is 0 Å². The van der Waals surface area contributed by atoms with Crippen LogP contribution in [0.4, 0.5) is 0 Å². The van der Waals surface area contributed by atoms with Crippen molar-refractivity contribution in [3.05, 3.63) is 35.9 Å². The standard InChI is InChI=1S/C17H28N2O/c1-3-11-19-12-9-16(10-13-19)18-17(14-20-2)15-7-5-4-6-8-15/h4-8,16-18H,3,9-14H2,1-2H3. The Balaban J connectivity index is 1.87. The van der Waals surface area contributed by atoms with E-state index >= 15 is 0 Å². The zero-order chi connectivity index (χ0) is 14.2. The molecule has 1 heterocycles. The second-order valence-electron chi connectivity index (χ2n) is 5.70. The minimum Gasteiger partial charge on any atom is -0.383 e. The molecule has 1 aliphatic heterocycles. The number of likely N-dealkylation sites (tertiary alicyclic amines) is 1. The maximum absolute atomic E-state index is 5.39. The molecule has 0 amide bonds. The van der Waals surface area contributed by atoms with Crippen LogP contribution in [-0.4, -0.2) is 44.3 Å². The first kappa shape index (κ1) is 15.5. The Bertz CT molecular complexity index is 361. The lowest BCUT2D eigenvalue weighted by atomic mass is 10.0. The van der Waals surface area contributed by atoms with Crippen molar-refractivity contribution in [3.8, 4) is 0 Å². The quantitative estimate of drug-likeness (QED) is 0.829. The summed E-state index contributed by atoms with van der Waals surface area (Å²) in [5.74, 6) is 0. The Hall–Kier alpha value is -0.900. The molecule has 0 aliphatic carbocycles. The van der Waals surface area contributed by atoms with Crippen molar-refractivity contribution in [2.24, 2.45) is 0 Å². The van der Waals surface area contributed by atoms with Crippen molar-refractivity contribution in [2.45, 2.75) is 38.3 Å². The molecule has 1 aromatic rings. The molecule has 0 radical (unpaired) electrons. The monoisotopic (exact) mass is 276 g/mol. The Morgan fingerprint density at radius 3 is 2.55 bits per heavy atom. The van der Waals surface area contributed by atoms with Gasteiger partial charge in [0.15, 0.2) is 0 Å². The zero-order valence-corrected chi connectivity index (χ0v) is 12.8. The molecule has 1 aromatic carbocycles. The van der Waals surface area contributed by atoms with E-state index in [1.54, 1.807) is 7.11 Å². The SMILES string of the molecule is CCCN1CCC(NC(COC)c2ccccc2)CC1. The molecule has 112 valence electrons. The lowest BCUT2D eigenvalue weighted by Crippen LogP contribution is -2.44.